The summed E-state index contributed by atoms with van der Waals surface area (Å²) in [7, 11) is 0. The Morgan fingerprint density at radius 1 is 1.35 bits per heavy atom. The van der Waals surface area contributed by atoms with Crippen LogP contribution in [0.1, 0.15) is 37.7 Å². The van der Waals surface area contributed by atoms with Crippen LogP contribution in [0, 0.1) is 23.1 Å². The van der Waals surface area contributed by atoms with Crippen molar-refractivity contribution in [2.45, 2.75) is 32.1 Å². The van der Waals surface area contributed by atoms with Crippen LogP contribution in [0.2, 0.25) is 0 Å². The first kappa shape index (κ1) is 11.9. The Balaban J connectivity index is 1.82. The summed E-state index contributed by atoms with van der Waals surface area (Å²) in [6.07, 6.45) is 6.54. The molecule has 90 valence electrons. The van der Waals surface area contributed by atoms with Gasteiger partial charge in [0.2, 0.25) is 0 Å². The van der Waals surface area contributed by atoms with E-state index in [1.807, 2.05) is 6.07 Å². The maximum atomic E-state index is 13.3. The third-order valence-corrected chi connectivity index (χ3v) is 3.45. The lowest BCUT2D eigenvalue weighted by atomic mass is 10.0. The average molecular weight is 232 g/mol. The van der Waals surface area contributed by atoms with Gasteiger partial charge in [0.05, 0.1) is 5.56 Å². The molecule has 0 radical (unpaired) electrons. The zero-order valence-corrected chi connectivity index (χ0v) is 9.88. The van der Waals surface area contributed by atoms with Crippen LogP contribution in [0.5, 0.6) is 0 Å². The highest BCUT2D eigenvalue weighted by Crippen LogP contribution is 2.27. The van der Waals surface area contributed by atoms with Gasteiger partial charge in [0.25, 0.3) is 0 Å². The number of rotatable bonds is 4. The van der Waals surface area contributed by atoms with E-state index >= 15 is 0 Å². The van der Waals surface area contributed by atoms with E-state index in [0.717, 1.165) is 24.6 Å². The van der Waals surface area contributed by atoms with Crippen molar-refractivity contribution < 1.29 is 4.39 Å². The van der Waals surface area contributed by atoms with E-state index in [1.54, 1.807) is 6.07 Å². The summed E-state index contributed by atoms with van der Waals surface area (Å²) in [5.74, 6) is 0.393. The largest absolute Gasteiger partial charge is 0.385 e. The van der Waals surface area contributed by atoms with Crippen molar-refractivity contribution in [1.82, 2.24) is 0 Å². The second-order valence-electron chi connectivity index (χ2n) is 4.67. The van der Waals surface area contributed by atoms with Crippen LogP contribution in [0.3, 0.4) is 0 Å². The van der Waals surface area contributed by atoms with Crippen molar-refractivity contribution in [2.75, 3.05) is 11.9 Å². The molecule has 0 aromatic heterocycles. The molecule has 0 saturated heterocycles. The Bertz CT molecular complexity index is 417. The van der Waals surface area contributed by atoms with E-state index in [9.17, 15) is 4.39 Å². The second kappa shape index (κ2) is 5.67. The van der Waals surface area contributed by atoms with Gasteiger partial charge in [-0.2, -0.15) is 5.26 Å². The Kier molecular flexibility index (Phi) is 3.98. The van der Waals surface area contributed by atoms with Crippen molar-refractivity contribution in [2.24, 2.45) is 5.92 Å². The Morgan fingerprint density at radius 3 is 2.76 bits per heavy atom. The summed E-state index contributed by atoms with van der Waals surface area (Å²) < 4.78 is 13.3. The summed E-state index contributed by atoms with van der Waals surface area (Å²) in [5.41, 5.74) is 0.867. The molecule has 1 aromatic carbocycles. The van der Waals surface area contributed by atoms with E-state index in [-0.39, 0.29) is 5.56 Å². The van der Waals surface area contributed by atoms with Crippen molar-refractivity contribution in [3.05, 3.63) is 29.6 Å². The lowest BCUT2D eigenvalue weighted by Gasteiger charge is -2.10. The average Bonchev–Trinajstić information content (AvgIpc) is 2.82. The fraction of sp³-hybridized carbons (Fsp3) is 0.500. The SMILES string of the molecule is N#Cc1ccc(NCCC2CCCC2)cc1F. The predicted molar refractivity (Wildman–Crippen MR) is 66.2 cm³/mol. The smallest absolute Gasteiger partial charge is 0.143 e. The van der Waals surface area contributed by atoms with Gasteiger partial charge in [-0.15, -0.1) is 0 Å². The third-order valence-electron chi connectivity index (χ3n) is 3.45. The lowest BCUT2D eigenvalue weighted by molar-refractivity contribution is 0.518. The van der Waals surface area contributed by atoms with Gasteiger partial charge in [-0.05, 0) is 30.5 Å². The molecular weight excluding hydrogens is 215 g/mol. The van der Waals surface area contributed by atoms with Crippen molar-refractivity contribution in [1.29, 1.82) is 5.26 Å². The summed E-state index contributed by atoms with van der Waals surface area (Å²) in [6, 6.07) is 6.50. The molecule has 0 spiro atoms. The summed E-state index contributed by atoms with van der Waals surface area (Å²) >= 11 is 0. The molecule has 0 unspecified atom stereocenters. The Labute approximate surface area is 101 Å². The molecule has 1 fully saturated rings. The van der Waals surface area contributed by atoms with Gasteiger partial charge in [0.15, 0.2) is 0 Å². The van der Waals surface area contributed by atoms with Gasteiger partial charge in [-0.3, -0.25) is 0 Å². The molecule has 3 heteroatoms. The summed E-state index contributed by atoms with van der Waals surface area (Å²) in [5, 5.41) is 11.8. The van der Waals surface area contributed by atoms with Gasteiger partial charge in [-0.25, -0.2) is 4.39 Å². The number of nitrogens with one attached hydrogen (secondary N) is 1. The number of anilines is 1. The zero-order valence-electron chi connectivity index (χ0n) is 9.88. The van der Waals surface area contributed by atoms with Crippen LogP contribution < -0.4 is 5.32 Å². The highest BCUT2D eigenvalue weighted by molar-refractivity contribution is 5.48. The molecule has 0 aliphatic heterocycles. The van der Waals surface area contributed by atoms with E-state index in [0.29, 0.717) is 0 Å². The van der Waals surface area contributed by atoms with Crippen LogP contribution in [-0.2, 0) is 0 Å². The fourth-order valence-corrected chi connectivity index (χ4v) is 2.44. The predicted octanol–water partition coefficient (Wildman–Crippen LogP) is 3.69. The maximum Gasteiger partial charge on any atom is 0.143 e. The van der Waals surface area contributed by atoms with E-state index in [1.165, 1.54) is 37.8 Å². The molecule has 0 bridgehead atoms. The van der Waals surface area contributed by atoms with Crippen LogP contribution in [0.25, 0.3) is 0 Å². The van der Waals surface area contributed by atoms with Gasteiger partial charge in [-0.1, -0.05) is 25.7 Å². The molecule has 17 heavy (non-hydrogen) atoms. The highest BCUT2D eigenvalue weighted by atomic mass is 19.1. The van der Waals surface area contributed by atoms with E-state index < -0.39 is 5.82 Å². The molecule has 2 rings (SSSR count). The first-order valence-corrected chi connectivity index (χ1v) is 6.23. The number of hydrogen-bond donors (Lipinski definition) is 1. The second-order valence-corrected chi connectivity index (χ2v) is 4.67. The zero-order chi connectivity index (χ0) is 12.1. The van der Waals surface area contributed by atoms with Gasteiger partial charge in [0.1, 0.15) is 11.9 Å². The normalized spacial score (nSPS) is 15.8. The quantitative estimate of drug-likeness (QED) is 0.859. The first-order valence-electron chi connectivity index (χ1n) is 6.23. The fourth-order valence-electron chi connectivity index (χ4n) is 2.44. The highest BCUT2D eigenvalue weighted by Gasteiger charge is 2.14. The minimum atomic E-state index is -0.446. The third kappa shape index (κ3) is 3.20. The molecule has 1 aliphatic carbocycles. The van der Waals surface area contributed by atoms with Gasteiger partial charge in [0, 0.05) is 12.2 Å². The van der Waals surface area contributed by atoms with Gasteiger partial charge >= 0.3 is 0 Å². The minimum Gasteiger partial charge on any atom is -0.385 e. The Morgan fingerprint density at radius 2 is 2.12 bits per heavy atom. The van der Waals surface area contributed by atoms with Crippen molar-refractivity contribution in [3.63, 3.8) is 0 Å². The number of nitriles is 1. The number of nitrogens with zero attached hydrogens (tertiary/aromatic N) is 1. The van der Waals surface area contributed by atoms with Crippen LogP contribution in [-0.4, -0.2) is 6.54 Å². The van der Waals surface area contributed by atoms with Gasteiger partial charge < -0.3 is 5.32 Å². The van der Waals surface area contributed by atoms with Crippen LogP contribution in [0.4, 0.5) is 10.1 Å². The molecule has 1 saturated carbocycles. The topological polar surface area (TPSA) is 35.8 Å². The summed E-state index contributed by atoms with van der Waals surface area (Å²) in [6.45, 7) is 0.885. The van der Waals surface area contributed by atoms with E-state index in [2.05, 4.69) is 5.32 Å². The molecular formula is C14H17FN2. The molecule has 1 N–H and O–H groups in total. The molecule has 0 amide bonds. The molecule has 2 nitrogen and oxygen atoms in total. The molecule has 0 heterocycles. The maximum absolute atomic E-state index is 13.3. The van der Waals surface area contributed by atoms with Crippen molar-refractivity contribution in [3.8, 4) is 6.07 Å². The number of benzene rings is 1. The van der Waals surface area contributed by atoms with E-state index in [4.69, 9.17) is 5.26 Å². The monoisotopic (exact) mass is 232 g/mol. The molecule has 0 atom stereocenters. The number of hydrogen-bond acceptors (Lipinski definition) is 2. The van der Waals surface area contributed by atoms with Crippen LogP contribution >= 0.6 is 0 Å². The van der Waals surface area contributed by atoms with Crippen molar-refractivity contribution >= 4 is 5.69 Å². The summed E-state index contributed by atoms with van der Waals surface area (Å²) in [4.78, 5) is 0. The first-order chi connectivity index (χ1) is 8.29. The molecule has 1 aliphatic rings. The minimum absolute atomic E-state index is 0.103. The Hall–Kier alpha value is -1.56. The standard InChI is InChI=1S/C14H17FN2/c15-14-9-13(6-5-12(14)10-16)17-8-7-11-3-1-2-4-11/h5-6,9,11,17H,1-4,7-8H2. The van der Waals surface area contributed by atoms with Crippen LogP contribution in [0.15, 0.2) is 18.2 Å². The number of halogens is 1. The molecule has 1 aromatic rings. The lowest BCUT2D eigenvalue weighted by Crippen LogP contribution is -2.06.